The highest BCUT2D eigenvalue weighted by Crippen LogP contribution is 2.45. The largest absolute Gasteiger partial charge is 0.340 e. The minimum Gasteiger partial charge on any atom is -0.340 e. The number of amidine groups is 1. The van der Waals surface area contributed by atoms with E-state index < -0.39 is 0 Å². The number of rotatable bonds is 6. The molecule has 3 heterocycles. The summed E-state index contributed by atoms with van der Waals surface area (Å²) in [6.45, 7) is 12.6. The number of aliphatic imine (C=N–C) groups is 1. The van der Waals surface area contributed by atoms with Crippen LogP contribution >= 0.6 is 11.8 Å². The zero-order valence-corrected chi connectivity index (χ0v) is 21.7. The van der Waals surface area contributed by atoms with Crippen molar-refractivity contribution in [3.8, 4) is 0 Å². The molecule has 0 radical (unpaired) electrons. The van der Waals surface area contributed by atoms with Crippen molar-refractivity contribution in [1.82, 2.24) is 19.6 Å². The first-order valence-electron chi connectivity index (χ1n) is 12.1. The number of fused-ring (bicyclic) bond motifs is 1. The molecule has 1 atom stereocenters. The third-order valence-electron chi connectivity index (χ3n) is 6.95. The van der Waals surface area contributed by atoms with Gasteiger partial charge in [-0.3, -0.25) is 9.59 Å². The van der Waals surface area contributed by atoms with Crippen LogP contribution in [-0.2, 0) is 9.59 Å². The normalized spacial score (nSPS) is 20.8. The lowest BCUT2D eigenvalue weighted by molar-refractivity contribution is -0.132. The quantitative estimate of drug-likeness (QED) is 0.621. The SMILES string of the molecule is CCN(CC)C(=O)C1=C(C)N=C2SC=C(CC(=O)N3CCN(C)CC3)N2C1c1ccccc1C. The second kappa shape index (κ2) is 10.4. The minimum absolute atomic E-state index is 0.0141. The van der Waals surface area contributed by atoms with Gasteiger partial charge < -0.3 is 19.6 Å². The molecule has 2 amide bonds. The number of allylic oxidation sites excluding steroid dienone is 1. The van der Waals surface area contributed by atoms with Crippen LogP contribution in [0.1, 0.15) is 44.4 Å². The maximum Gasteiger partial charge on any atom is 0.254 e. The van der Waals surface area contributed by atoms with Crippen LogP contribution in [0.3, 0.4) is 0 Å². The van der Waals surface area contributed by atoms with E-state index in [4.69, 9.17) is 4.99 Å². The predicted molar refractivity (Wildman–Crippen MR) is 138 cm³/mol. The van der Waals surface area contributed by atoms with Gasteiger partial charge >= 0.3 is 0 Å². The molecular formula is C26H35N5O2S. The topological polar surface area (TPSA) is 59.5 Å². The van der Waals surface area contributed by atoms with Crippen molar-refractivity contribution >= 4 is 28.7 Å². The van der Waals surface area contributed by atoms with Crippen LogP contribution in [0.5, 0.6) is 0 Å². The molecule has 0 N–H and O–H groups in total. The molecule has 0 aliphatic carbocycles. The van der Waals surface area contributed by atoms with Gasteiger partial charge in [-0.1, -0.05) is 36.0 Å². The molecule has 3 aliphatic rings. The van der Waals surface area contributed by atoms with Crippen molar-refractivity contribution in [3.05, 3.63) is 57.8 Å². The maximum atomic E-state index is 13.7. The molecule has 1 aromatic carbocycles. The van der Waals surface area contributed by atoms with E-state index in [2.05, 4.69) is 35.9 Å². The average Bonchev–Trinajstić information content (AvgIpc) is 3.21. The molecule has 34 heavy (non-hydrogen) atoms. The van der Waals surface area contributed by atoms with E-state index in [9.17, 15) is 9.59 Å². The lowest BCUT2D eigenvalue weighted by atomic mass is 9.90. The number of hydrogen-bond donors (Lipinski definition) is 0. The number of hydrogen-bond acceptors (Lipinski definition) is 6. The molecule has 4 rings (SSSR count). The van der Waals surface area contributed by atoms with Crippen LogP contribution in [0.25, 0.3) is 0 Å². The average molecular weight is 482 g/mol. The third kappa shape index (κ3) is 4.66. The number of thioether (sulfide) groups is 1. The van der Waals surface area contributed by atoms with Crippen LogP contribution in [0.4, 0.5) is 0 Å². The summed E-state index contributed by atoms with van der Waals surface area (Å²) in [7, 11) is 2.09. The zero-order valence-electron chi connectivity index (χ0n) is 20.9. The number of amides is 2. The first-order valence-corrected chi connectivity index (χ1v) is 13.0. The van der Waals surface area contributed by atoms with Crippen molar-refractivity contribution in [1.29, 1.82) is 0 Å². The van der Waals surface area contributed by atoms with Gasteiger partial charge in [-0.15, -0.1) is 0 Å². The number of piperazine rings is 1. The van der Waals surface area contributed by atoms with Crippen LogP contribution in [-0.4, -0.2) is 82.9 Å². The summed E-state index contributed by atoms with van der Waals surface area (Å²) in [4.78, 5) is 40.0. The summed E-state index contributed by atoms with van der Waals surface area (Å²) in [5.41, 5.74) is 4.56. The van der Waals surface area contributed by atoms with E-state index in [1.54, 1.807) is 11.8 Å². The number of carbonyl (C=O) groups excluding carboxylic acids is 2. The van der Waals surface area contributed by atoms with Gasteiger partial charge in [0.2, 0.25) is 5.91 Å². The molecule has 0 saturated carbocycles. The summed E-state index contributed by atoms with van der Waals surface area (Å²) >= 11 is 1.54. The van der Waals surface area contributed by atoms with Gasteiger partial charge in [-0.05, 0) is 51.3 Å². The molecule has 7 nitrogen and oxygen atoms in total. The van der Waals surface area contributed by atoms with Crippen molar-refractivity contribution in [2.24, 2.45) is 4.99 Å². The van der Waals surface area contributed by atoms with Gasteiger partial charge in [0.1, 0.15) is 0 Å². The van der Waals surface area contributed by atoms with Crippen molar-refractivity contribution in [2.75, 3.05) is 46.3 Å². The van der Waals surface area contributed by atoms with E-state index in [0.29, 0.717) is 25.1 Å². The molecule has 0 aromatic heterocycles. The fraction of sp³-hybridized carbons (Fsp3) is 0.500. The minimum atomic E-state index is -0.302. The fourth-order valence-electron chi connectivity index (χ4n) is 4.83. The van der Waals surface area contributed by atoms with Gasteiger partial charge in [0, 0.05) is 45.0 Å². The van der Waals surface area contributed by atoms with E-state index in [0.717, 1.165) is 53.9 Å². The van der Waals surface area contributed by atoms with Crippen LogP contribution < -0.4 is 0 Å². The molecule has 0 bridgehead atoms. The van der Waals surface area contributed by atoms with E-state index in [1.807, 2.05) is 48.1 Å². The molecule has 1 aromatic rings. The molecule has 1 saturated heterocycles. The van der Waals surface area contributed by atoms with Crippen molar-refractivity contribution in [2.45, 2.75) is 40.2 Å². The predicted octanol–water partition coefficient (Wildman–Crippen LogP) is 3.60. The summed E-state index contributed by atoms with van der Waals surface area (Å²) in [5, 5.41) is 2.87. The monoisotopic (exact) mass is 481 g/mol. The molecule has 1 fully saturated rings. The number of carbonyl (C=O) groups is 2. The number of aryl methyl sites for hydroxylation is 1. The van der Waals surface area contributed by atoms with Crippen LogP contribution in [0.15, 0.2) is 51.6 Å². The van der Waals surface area contributed by atoms with E-state index >= 15 is 0 Å². The van der Waals surface area contributed by atoms with E-state index in [1.165, 1.54) is 0 Å². The Kier molecular flexibility index (Phi) is 7.48. The first kappa shape index (κ1) is 24.5. The Bertz CT molecular complexity index is 1050. The molecule has 8 heteroatoms. The van der Waals surface area contributed by atoms with Gasteiger partial charge in [-0.2, -0.15) is 0 Å². The zero-order chi connectivity index (χ0) is 24.4. The Balaban J connectivity index is 1.70. The van der Waals surface area contributed by atoms with Gasteiger partial charge in [-0.25, -0.2) is 4.99 Å². The lowest BCUT2D eigenvalue weighted by Gasteiger charge is -2.39. The van der Waals surface area contributed by atoms with Crippen LogP contribution in [0, 0.1) is 6.92 Å². The Morgan fingerprint density at radius 1 is 1.09 bits per heavy atom. The molecule has 1 unspecified atom stereocenters. The highest BCUT2D eigenvalue weighted by Gasteiger charge is 2.42. The Labute approximate surface area is 207 Å². The Morgan fingerprint density at radius 2 is 1.76 bits per heavy atom. The Hall–Kier alpha value is -2.58. The second-order valence-corrected chi connectivity index (χ2v) is 9.92. The standard InChI is InChI=1S/C26H35N5O2S/c1-6-29(7-2)25(33)23-19(4)27-26-31(24(23)21-11-9-8-10-18(21)3)20(17-34-26)16-22(32)30-14-12-28(5)13-15-30/h8-11,17,24H,6-7,12-16H2,1-5H3. The summed E-state index contributed by atoms with van der Waals surface area (Å²) in [5.74, 6) is 0.146. The van der Waals surface area contributed by atoms with Crippen molar-refractivity contribution in [3.63, 3.8) is 0 Å². The number of benzene rings is 1. The molecule has 182 valence electrons. The van der Waals surface area contributed by atoms with Gasteiger partial charge in [0.15, 0.2) is 5.17 Å². The summed E-state index contributed by atoms with van der Waals surface area (Å²) in [6, 6.07) is 7.91. The Morgan fingerprint density at radius 3 is 2.41 bits per heavy atom. The first-order chi connectivity index (χ1) is 16.3. The number of nitrogens with zero attached hydrogens (tertiary/aromatic N) is 5. The molecular weight excluding hydrogens is 446 g/mol. The third-order valence-corrected chi connectivity index (χ3v) is 7.84. The lowest BCUT2D eigenvalue weighted by Crippen LogP contribution is -2.48. The van der Waals surface area contributed by atoms with Crippen LogP contribution in [0.2, 0.25) is 0 Å². The summed E-state index contributed by atoms with van der Waals surface area (Å²) < 4.78 is 0. The smallest absolute Gasteiger partial charge is 0.254 e. The highest BCUT2D eigenvalue weighted by atomic mass is 32.2. The van der Waals surface area contributed by atoms with Gasteiger partial charge in [0.05, 0.1) is 23.7 Å². The highest BCUT2D eigenvalue weighted by molar-refractivity contribution is 8.16. The van der Waals surface area contributed by atoms with E-state index in [-0.39, 0.29) is 17.9 Å². The second-order valence-electron chi connectivity index (χ2n) is 9.09. The molecule has 0 spiro atoms. The summed E-state index contributed by atoms with van der Waals surface area (Å²) in [6.07, 6.45) is 0.309. The number of likely N-dealkylation sites (N-methyl/N-ethyl adjacent to an activating group) is 2. The fourth-order valence-corrected chi connectivity index (χ4v) is 5.80. The van der Waals surface area contributed by atoms with Gasteiger partial charge in [0.25, 0.3) is 5.91 Å². The van der Waals surface area contributed by atoms with Crippen molar-refractivity contribution < 1.29 is 9.59 Å². The molecule has 3 aliphatic heterocycles. The maximum absolute atomic E-state index is 13.7.